The number of thiophene rings is 1. The van der Waals surface area contributed by atoms with Crippen molar-refractivity contribution in [1.29, 1.82) is 5.26 Å². The monoisotopic (exact) mass is 383 g/mol. The first-order valence-corrected chi connectivity index (χ1v) is 11.2. The van der Waals surface area contributed by atoms with Crippen LogP contribution in [0.2, 0.25) is 0 Å². The molecule has 0 radical (unpaired) electrons. The van der Waals surface area contributed by atoms with Gasteiger partial charge >= 0.3 is 0 Å². The van der Waals surface area contributed by atoms with Crippen LogP contribution in [-0.2, 0) is 0 Å². The lowest BCUT2D eigenvalue weighted by Gasteiger charge is -2.26. The molecular formula is C23H14NOPS. The van der Waals surface area contributed by atoms with Crippen LogP contribution in [0.15, 0.2) is 84.9 Å². The average molecular weight is 383 g/mol. The van der Waals surface area contributed by atoms with Crippen molar-refractivity contribution in [2.75, 3.05) is 0 Å². The number of carbonyl (C=O) groups excluding carboxylic acids is 1. The van der Waals surface area contributed by atoms with Gasteiger partial charge in [-0.25, -0.2) is 0 Å². The first-order valence-electron chi connectivity index (χ1n) is 8.63. The van der Waals surface area contributed by atoms with E-state index in [4.69, 9.17) is 0 Å². The second kappa shape index (κ2) is 6.06. The number of Topliss-reactive ketones (excluding diaryl/α,β-unsaturated/α-hetero) is 1. The smallest absolute Gasteiger partial charge is 0.215 e. The summed E-state index contributed by atoms with van der Waals surface area (Å²) in [5, 5.41) is 14.7. The third kappa shape index (κ3) is 2.09. The minimum absolute atomic E-state index is 0.102. The SMILES string of the molecule is N#CC1=P(c2ccccc2)(c2ccccc2)c2c(sc3ccccc23)C1=O. The van der Waals surface area contributed by atoms with Gasteiger partial charge in [0.15, 0.2) is 0 Å². The van der Waals surface area contributed by atoms with Gasteiger partial charge in [0.2, 0.25) is 5.78 Å². The van der Waals surface area contributed by atoms with Gasteiger partial charge in [0.1, 0.15) is 11.4 Å². The van der Waals surface area contributed by atoms with Crippen LogP contribution in [-0.4, -0.2) is 11.1 Å². The fourth-order valence-electron chi connectivity index (χ4n) is 3.98. The van der Waals surface area contributed by atoms with Gasteiger partial charge in [0.25, 0.3) is 0 Å². The molecule has 0 N–H and O–H groups in total. The highest BCUT2D eigenvalue weighted by atomic mass is 32.1. The standard InChI is InChI=1S/C23H14NOPS/c24-15-19-21(25)23-22(18-13-7-8-14-20(18)27-23)26(19,16-9-3-1-4-10-16)17-11-5-2-6-12-17/h1-14H. The maximum absolute atomic E-state index is 13.3. The third-order valence-electron chi connectivity index (χ3n) is 5.05. The maximum atomic E-state index is 13.3. The number of nitrogens with zero attached hydrogens (tertiary/aromatic N) is 1. The number of fused-ring (bicyclic) bond motifs is 3. The third-order valence-corrected chi connectivity index (χ3v) is 10.6. The molecule has 2 heterocycles. The fourth-order valence-corrected chi connectivity index (χ4v) is 10.1. The Balaban J connectivity index is 2.08. The van der Waals surface area contributed by atoms with Crippen LogP contribution in [0.3, 0.4) is 0 Å². The Morgan fingerprint density at radius 1 is 0.778 bits per heavy atom. The molecule has 0 saturated heterocycles. The highest BCUT2D eigenvalue weighted by Gasteiger charge is 2.44. The van der Waals surface area contributed by atoms with Gasteiger partial charge in [-0.1, -0.05) is 78.9 Å². The summed E-state index contributed by atoms with van der Waals surface area (Å²) >= 11 is 1.51. The summed E-state index contributed by atoms with van der Waals surface area (Å²) in [4.78, 5) is 14.1. The molecule has 1 aromatic heterocycles. The molecule has 3 aromatic carbocycles. The van der Waals surface area contributed by atoms with Crippen LogP contribution in [0.25, 0.3) is 10.1 Å². The van der Waals surface area contributed by atoms with E-state index in [0.29, 0.717) is 5.29 Å². The molecule has 0 spiro atoms. The van der Waals surface area contributed by atoms with E-state index in [1.807, 2.05) is 48.5 Å². The van der Waals surface area contributed by atoms with E-state index < -0.39 is 6.89 Å². The Labute approximate surface area is 161 Å². The molecule has 0 saturated carbocycles. The van der Waals surface area contributed by atoms with E-state index >= 15 is 0 Å². The summed E-state index contributed by atoms with van der Waals surface area (Å²) in [6.45, 7) is -2.49. The Morgan fingerprint density at radius 3 is 1.93 bits per heavy atom. The number of benzene rings is 3. The van der Waals surface area contributed by atoms with E-state index in [-0.39, 0.29) is 5.78 Å². The van der Waals surface area contributed by atoms with Crippen LogP contribution in [0.4, 0.5) is 0 Å². The van der Waals surface area contributed by atoms with Crippen molar-refractivity contribution < 1.29 is 4.79 Å². The second-order valence-electron chi connectivity index (χ2n) is 6.41. The van der Waals surface area contributed by atoms with Gasteiger partial charge in [0.05, 0.1) is 4.88 Å². The minimum Gasteiger partial charge on any atom is -0.287 e. The lowest BCUT2D eigenvalue weighted by molar-refractivity contribution is 0.107. The lowest BCUT2D eigenvalue weighted by atomic mass is 10.2. The summed E-state index contributed by atoms with van der Waals surface area (Å²) in [7, 11) is 0. The maximum Gasteiger partial charge on any atom is 0.215 e. The van der Waals surface area contributed by atoms with E-state index in [2.05, 4.69) is 42.5 Å². The molecule has 4 aromatic rings. The van der Waals surface area contributed by atoms with Gasteiger partial charge in [-0.2, -0.15) is 5.26 Å². The fraction of sp³-hybridized carbons (Fsp3) is 0. The van der Waals surface area contributed by atoms with E-state index in [9.17, 15) is 10.1 Å². The zero-order chi connectivity index (χ0) is 18.4. The molecule has 0 amide bonds. The molecule has 128 valence electrons. The minimum atomic E-state index is -2.49. The summed E-state index contributed by atoms with van der Waals surface area (Å²) < 4.78 is 1.10. The van der Waals surface area contributed by atoms with Crippen molar-refractivity contribution in [2.45, 2.75) is 0 Å². The number of ketones is 1. The van der Waals surface area contributed by atoms with Crippen molar-refractivity contribution in [1.82, 2.24) is 0 Å². The van der Waals surface area contributed by atoms with Crippen LogP contribution in [0, 0.1) is 11.3 Å². The van der Waals surface area contributed by atoms with Crippen molar-refractivity contribution in [3.05, 3.63) is 89.8 Å². The van der Waals surface area contributed by atoms with E-state index in [1.54, 1.807) is 0 Å². The number of hydrogen-bond acceptors (Lipinski definition) is 3. The van der Waals surface area contributed by atoms with Crippen molar-refractivity contribution in [3.8, 4) is 6.07 Å². The molecular weight excluding hydrogens is 369 g/mol. The highest BCUT2D eigenvalue weighted by molar-refractivity contribution is 7.98. The predicted octanol–water partition coefficient (Wildman–Crippen LogP) is 4.09. The topological polar surface area (TPSA) is 40.9 Å². The number of nitriles is 1. The molecule has 2 nitrogen and oxygen atoms in total. The lowest BCUT2D eigenvalue weighted by Crippen LogP contribution is -2.27. The molecule has 0 bridgehead atoms. The number of hydrogen-bond donors (Lipinski definition) is 0. The van der Waals surface area contributed by atoms with Crippen molar-refractivity contribution >= 4 is 55.3 Å². The second-order valence-corrected chi connectivity index (χ2v) is 10.7. The highest BCUT2D eigenvalue weighted by Crippen LogP contribution is 2.54. The van der Waals surface area contributed by atoms with Gasteiger partial charge < -0.3 is 0 Å². The predicted molar refractivity (Wildman–Crippen MR) is 115 cm³/mol. The van der Waals surface area contributed by atoms with Gasteiger partial charge in [-0.3, -0.25) is 4.79 Å². The van der Waals surface area contributed by atoms with Crippen LogP contribution in [0.5, 0.6) is 0 Å². The average Bonchev–Trinajstić information content (AvgIpc) is 3.23. The first-order chi connectivity index (χ1) is 13.3. The quantitative estimate of drug-likeness (QED) is 0.489. The molecule has 1 aliphatic heterocycles. The number of carbonyl (C=O) groups is 1. The van der Waals surface area contributed by atoms with Gasteiger partial charge in [0, 0.05) is 22.3 Å². The van der Waals surface area contributed by atoms with Crippen molar-refractivity contribution in [3.63, 3.8) is 0 Å². The van der Waals surface area contributed by atoms with Crippen LogP contribution in [0.1, 0.15) is 9.67 Å². The summed E-state index contributed by atoms with van der Waals surface area (Å²) in [6, 6.07) is 30.6. The van der Waals surface area contributed by atoms with Gasteiger partial charge in [-0.15, -0.1) is 11.3 Å². The largest absolute Gasteiger partial charge is 0.287 e. The molecule has 0 unspecified atom stereocenters. The van der Waals surface area contributed by atoms with E-state index in [1.165, 1.54) is 11.3 Å². The number of rotatable bonds is 2. The van der Waals surface area contributed by atoms with Crippen molar-refractivity contribution in [2.24, 2.45) is 0 Å². The normalized spacial score (nSPS) is 14.9. The van der Waals surface area contributed by atoms with Crippen LogP contribution < -0.4 is 15.9 Å². The molecule has 1 aliphatic rings. The van der Waals surface area contributed by atoms with E-state index in [0.717, 1.165) is 30.9 Å². The Kier molecular flexibility index (Phi) is 3.65. The summed E-state index contributed by atoms with van der Waals surface area (Å²) in [6.07, 6.45) is 0. The molecule has 0 atom stereocenters. The summed E-state index contributed by atoms with van der Waals surface area (Å²) in [5.74, 6) is -0.102. The first kappa shape index (κ1) is 16.3. The molecule has 0 fully saturated rings. The Morgan fingerprint density at radius 2 is 1.33 bits per heavy atom. The zero-order valence-corrected chi connectivity index (χ0v) is 16.0. The Hall–Kier alpha value is -2.92. The molecule has 4 heteroatoms. The summed E-state index contributed by atoms with van der Waals surface area (Å²) in [5.41, 5.74) is 0. The van der Waals surface area contributed by atoms with Gasteiger partial charge in [-0.05, 0) is 16.7 Å². The van der Waals surface area contributed by atoms with Crippen LogP contribution >= 0.6 is 18.2 Å². The molecule has 27 heavy (non-hydrogen) atoms. The molecule has 0 aliphatic carbocycles. The zero-order valence-electron chi connectivity index (χ0n) is 14.3. The Bertz CT molecular complexity index is 1250. The molecule has 5 rings (SSSR count).